The average Bonchev–Trinajstić information content (AvgIpc) is 3.83. The van der Waals surface area contributed by atoms with Crippen LogP contribution in [-0.2, 0) is 6.61 Å². The van der Waals surface area contributed by atoms with Crippen molar-refractivity contribution in [2.45, 2.75) is 6.61 Å². The number of ether oxygens (including phenoxy) is 1. The fraction of sp³-hybridized carbons (Fsp3) is 0.0200. The maximum atomic E-state index is 6.22. The molecule has 0 atom stereocenters. The van der Waals surface area contributed by atoms with E-state index in [9.17, 15) is 0 Å². The van der Waals surface area contributed by atoms with E-state index in [1.54, 1.807) is 0 Å². The summed E-state index contributed by atoms with van der Waals surface area (Å²) < 4.78 is 14.6. The van der Waals surface area contributed by atoms with Crippen molar-refractivity contribution < 1.29 is 9.15 Å². The lowest BCUT2D eigenvalue weighted by Crippen LogP contribution is -2.74. The van der Waals surface area contributed by atoms with E-state index in [1.165, 1.54) is 37.4 Å². The van der Waals surface area contributed by atoms with Crippen molar-refractivity contribution in [3.05, 3.63) is 200 Å². The molecule has 0 radical (unpaired) electrons. The number of imidazole rings is 1. The second-order valence-electron chi connectivity index (χ2n) is 14.3. The summed E-state index contributed by atoms with van der Waals surface area (Å²) in [4.78, 5) is 4.75. The SMILES string of the molecule is c1ccc([Si](c2ccccc2)(c2cccc(-c3ccc4c(c3)COc3nc5ccccc5n3-4)c2)c2cccc(-c3ccc4oc5ccccc5c4c3)c2)cc1. The van der Waals surface area contributed by atoms with E-state index in [0.717, 1.165) is 49.8 Å². The molecule has 260 valence electrons. The molecule has 0 bridgehead atoms. The van der Waals surface area contributed by atoms with Crippen LogP contribution in [-0.4, -0.2) is 17.6 Å². The van der Waals surface area contributed by atoms with Crippen LogP contribution in [0.5, 0.6) is 6.01 Å². The van der Waals surface area contributed by atoms with Gasteiger partial charge in [-0.3, -0.25) is 4.57 Å². The molecule has 5 heteroatoms. The third-order valence-corrected chi connectivity index (χ3v) is 16.0. The van der Waals surface area contributed by atoms with Gasteiger partial charge in [0, 0.05) is 16.3 Å². The van der Waals surface area contributed by atoms with Crippen molar-refractivity contribution in [3.8, 4) is 34.0 Å². The number of benzene rings is 8. The summed E-state index contributed by atoms with van der Waals surface area (Å²) in [5.74, 6) is 0. The average molecular weight is 723 g/mol. The third kappa shape index (κ3) is 5.01. The number of nitrogens with zero attached hydrogens (tertiary/aromatic N) is 2. The first kappa shape index (κ1) is 31.6. The minimum Gasteiger partial charge on any atom is -0.459 e. The highest BCUT2D eigenvalue weighted by Crippen LogP contribution is 2.35. The van der Waals surface area contributed by atoms with Crippen LogP contribution in [0.2, 0.25) is 0 Å². The standard InChI is InChI=1S/C50H34N2O2Si/c1-3-15-39(16-4-1)55(40-17-5-2-6-18-40,42-20-12-14-35(31-42)37-26-28-49-44(32-37)43-21-7-10-24-48(43)54-49)41-19-11-13-34(30-41)36-25-27-46-38(29-36)33-53-50-51-45-22-8-9-23-47(45)52(46)50/h1-32H,33H2. The second-order valence-corrected chi connectivity index (χ2v) is 18.1. The Morgan fingerprint density at radius 3 is 1.78 bits per heavy atom. The van der Waals surface area contributed by atoms with Crippen molar-refractivity contribution >= 4 is 61.8 Å². The van der Waals surface area contributed by atoms with Crippen LogP contribution in [0, 0.1) is 0 Å². The Labute approximate surface area is 319 Å². The minimum absolute atomic E-state index is 0.478. The highest BCUT2D eigenvalue weighted by Gasteiger charge is 2.41. The van der Waals surface area contributed by atoms with Gasteiger partial charge in [-0.2, -0.15) is 4.98 Å². The molecular weight excluding hydrogens is 689 g/mol. The van der Waals surface area contributed by atoms with Crippen LogP contribution in [0.4, 0.5) is 0 Å². The van der Waals surface area contributed by atoms with Crippen LogP contribution in [0.1, 0.15) is 5.56 Å². The van der Waals surface area contributed by atoms with E-state index in [0.29, 0.717) is 12.6 Å². The monoisotopic (exact) mass is 722 g/mol. The molecule has 0 saturated heterocycles. The van der Waals surface area contributed by atoms with E-state index in [2.05, 4.69) is 174 Å². The minimum atomic E-state index is -2.87. The predicted octanol–water partition coefficient (Wildman–Crippen LogP) is 9.53. The number of para-hydroxylation sites is 3. The maximum Gasteiger partial charge on any atom is 0.302 e. The number of hydrogen-bond donors (Lipinski definition) is 0. The lowest BCUT2D eigenvalue weighted by atomic mass is 10.0. The Hall–Kier alpha value is -6.95. The number of hydrogen-bond acceptors (Lipinski definition) is 3. The molecule has 55 heavy (non-hydrogen) atoms. The summed E-state index contributed by atoms with van der Waals surface area (Å²) >= 11 is 0. The molecule has 0 saturated carbocycles. The predicted molar refractivity (Wildman–Crippen MR) is 227 cm³/mol. The highest BCUT2D eigenvalue weighted by atomic mass is 28.3. The second kappa shape index (κ2) is 12.6. The number of fused-ring (bicyclic) bond motifs is 8. The van der Waals surface area contributed by atoms with Gasteiger partial charge in [-0.15, -0.1) is 0 Å². The summed E-state index contributed by atoms with van der Waals surface area (Å²) in [5.41, 5.74) is 10.8. The molecule has 0 fully saturated rings. The van der Waals surface area contributed by atoms with Crippen molar-refractivity contribution in [2.75, 3.05) is 0 Å². The van der Waals surface area contributed by atoms with Gasteiger partial charge in [0.1, 0.15) is 17.8 Å². The fourth-order valence-corrected chi connectivity index (χ4v) is 13.5. The van der Waals surface area contributed by atoms with Crippen molar-refractivity contribution in [1.29, 1.82) is 0 Å². The van der Waals surface area contributed by atoms with E-state index in [4.69, 9.17) is 14.1 Å². The Balaban J connectivity index is 1.09. The van der Waals surface area contributed by atoms with Crippen molar-refractivity contribution in [3.63, 3.8) is 0 Å². The molecule has 3 heterocycles. The van der Waals surface area contributed by atoms with Crippen LogP contribution in [0.25, 0.3) is 60.9 Å². The molecule has 1 aliphatic rings. The van der Waals surface area contributed by atoms with E-state index in [1.807, 2.05) is 24.3 Å². The Morgan fingerprint density at radius 2 is 1.04 bits per heavy atom. The largest absolute Gasteiger partial charge is 0.459 e. The first-order valence-electron chi connectivity index (χ1n) is 18.7. The van der Waals surface area contributed by atoms with Gasteiger partial charge in [0.2, 0.25) is 0 Å². The van der Waals surface area contributed by atoms with Gasteiger partial charge in [0.05, 0.1) is 16.7 Å². The third-order valence-electron chi connectivity index (χ3n) is 11.3. The summed E-state index contributed by atoms with van der Waals surface area (Å²) in [7, 11) is -2.87. The Morgan fingerprint density at radius 1 is 0.455 bits per heavy atom. The number of rotatable bonds is 6. The molecule has 0 amide bonds. The Bertz CT molecular complexity index is 3020. The molecule has 0 spiro atoms. The highest BCUT2D eigenvalue weighted by molar-refractivity contribution is 7.20. The molecule has 11 rings (SSSR count). The van der Waals surface area contributed by atoms with E-state index >= 15 is 0 Å². The molecule has 0 unspecified atom stereocenters. The molecule has 0 aliphatic carbocycles. The summed E-state index contributed by atoms with van der Waals surface area (Å²) in [6.45, 7) is 0.478. The van der Waals surface area contributed by atoms with Gasteiger partial charge in [-0.25, -0.2) is 0 Å². The van der Waals surface area contributed by atoms with Gasteiger partial charge in [-0.1, -0.05) is 152 Å². The van der Waals surface area contributed by atoms with Crippen molar-refractivity contribution in [2.24, 2.45) is 0 Å². The van der Waals surface area contributed by atoms with Gasteiger partial charge >= 0.3 is 6.01 Å². The zero-order valence-electron chi connectivity index (χ0n) is 29.9. The quantitative estimate of drug-likeness (QED) is 0.127. The lowest BCUT2D eigenvalue weighted by molar-refractivity contribution is 0.266. The number of furan rings is 1. The Kier molecular flexibility index (Phi) is 7.22. The fourth-order valence-electron chi connectivity index (χ4n) is 8.72. The van der Waals surface area contributed by atoms with E-state index in [-0.39, 0.29) is 0 Å². The van der Waals surface area contributed by atoms with Gasteiger partial charge in [0.25, 0.3) is 0 Å². The molecule has 2 aromatic heterocycles. The van der Waals surface area contributed by atoms with Gasteiger partial charge in [0.15, 0.2) is 8.07 Å². The number of aromatic nitrogens is 2. The zero-order valence-corrected chi connectivity index (χ0v) is 30.9. The molecule has 4 nitrogen and oxygen atoms in total. The molecule has 1 aliphatic heterocycles. The van der Waals surface area contributed by atoms with E-state index < -0.39 is 8.07 Å². The first-order chi connectivity index (χ1) is 27.2. The van der Waals surface area contributed by atoms with Crippen molar-refractivity contribution in [1.82, 2.24) is 9.55 Å². The topological polar surface area (TPSA) is 40.2 Å². The molecule has 8 aromatic carbocycles. The molecule has 0 N–H and O–H groups in total. The van der Waals surface area contributed by atoms with Crippen LogP contribution < -0.4 is 25.5 Å². The summed E-state index contributed by atoms with van der Waals surface area (Å²) in [5, 5.41) is 7.60. The first-order valence-corrected chi connectivity index (χ1v) is 20.7. The van der Waals surface area contributed by atoms with Gasteiger partial charge < -0.3 is 9.15 Å². The summed E-state index contributed by atoms with van der Waals surface area (Å²) in [6, 6.07) is 71.3. The summed E-state index contributed by atoms with van der Waals surface area (Å²) in [6.07, 6.45) is 0. The maximum absolute atomic E-state index is 6.22. The normalized spacial score (nSPS) is 12.4. The van der Waals surface area contributed by atoms with Crippen LogP contribution >= 0.6 is 0 Å². The van der Waals surface area contributed by atoms with Crippen LogP contribution in [0.15, 0.2) is 199 Å². The molecular formula is C50H34N2O2Si. The zero-order chi connectivity index (χ0) is 36.3. The van der Waals surface area contributed by atoms with Crippen LogP contribution in [0.3, 0.4) is 0 Å². The smallest absolute Gasteiger partial charge is 0.302 e. The van der Waals surface area contributed by atoms with Gasteiger partial charge in [-0.05, 0) is 85.5 Å². The molecule has 10 aromatic rings. The lowest BCUT2D eigenvalue weighted by Gasteiger charge is -2.35.